The van der Waals surface area contributed by atoms with Gasteiger partial charge in [-0.3, -0.25) is 4.79 Å². The van der Waals surface area contributed by atoms with Gasteiger partial charge in [-0.05, 0) is 62.1 Å². The number of hydrogen-bond acceptors (Lipinski definition) is 3. The molecule has 1 amide bonds. The van der Waals surface area contributed by atoms with Crippen LogP contribution >= 0.6 is 11.6 Å². The molecule has 0 aromatic heterocycles. The molecule has 4 nitrogen and oxygen atoms in total. The fourth-order valence-electron chi connectivity index (χ4n) is 3.32. The molecule has 0 fully saturated rings. The van der Waals surface area contributed by atoms with Gasteiger partial charge < -0.3 is 9.64 Å². The number of likely N-dealkylation sites (N-methyl/N-ethyl adjacent to an activating group) is 1. The molecule has 5 heteroatoms. The van der Waals surface area contributed by atoms with Crippen LogP contribution in [0.4, 0.5) is 0 Å². The first-order valence-electron chi connectivity index (χ1n) is 8.99. The van der Waals surface area contributed by atoms with Crippen LogP contribution in [-0.2, 0) is 20.7 Å². The van der Waals surface area contributed by atoms with E-state index in [2.05, 4.69) is 12.1 Å². The van der Waals surface area contributed by atoms with Gasteiger partial charge in [-0.15, -0.1) is 0 Å². The number of halogens is 1. The lowest BCUT2D eigenvalue weighted by molar-refractivity contribution is -0.154. The van der Waals surface area contributed by atoms with Crippen LogP contribution in [0.25, 0.3) is 0 Å². The molecule has 0 aliphatic heterocycles. The Hall–Kier alpha value is -2.33. The summed E-state index contributed by atoms with van der Waals surface area (Å²) in [6.07, 6.45) is 0.227. The summed E-state index contributed by atoms with van der Waals surface area (Å²) in [5.41, 5.74) is 4.94. The SMILES string of the molecule is CCOC(=O)C(c1cccc(Cl)c1)N(C)C(=O)Cc1c(C)cc(C)cc1C. The molecule has 0 saturated heterocycles. The number of nitrogens with zero attached hydrogens (tertiary/aromatic N) is 1. The van der Waals surface area contributed by atoms with Crippen molar-refractivity contribution in [1.29, 1.82) is 0 Å². The number of ether oxygens (including phenoxy) is 1. The van der Waals surface area contributed by atoms with Crippen LogP contribution in [0, 0.1) is 20.8 Å². The molecule has 0 heterocycles. The molecule has 2 aromatic rings. The average Bonchev–Trinajstić information content (AvgIpc) is 2.58. The van der Waals surface area contributed by atoms with Crippen molar-refractivity contribution in [3.63, 3.8) is 0 Å². The minimum absolute atomic E-state index is 0.150. The molecule has 1 atom stereocenters. The smallest absolute Gasteiger partial charge is 0.333 e. The van der Waals surface area contributed by atoms with Gasteiger partial charge in [0.2, 0.25) is 5.91 Å². The Balaban J connectivity index is 2.33. The van der Waals surface area contributed by atoms with Crippen LogP contribution in [0.1, 0.15) is 40.8 Å². The monoisotopic (exact) mass is 387 g/mol. The third kappa shape index (κ3) is 5.10. The second-order valence-corrected chi connectivity index (χ2v) is 7.20. The maximum Gasteiger partial charge on any atom is 0.333 e. The zero-order chi connectivity index (χ0) is 20.1. The van der Waals surface area contributed by atoms with E-state index in [0.29, 0.717) is 10.6 Å². The minimum atomic E-state index is -0.831. The van der Waals surface area contributed by atoms with Crippen LogP contribution in [0.2, 0.25) is 5.02 Å². The third-order valence-corrected chi connectivity index (χ3v) is 4.86. The third-order valence-electron chi connectivity index (χ3n) is 4.62. The quantitative estimate of drug-likeness (QED) is 0.682. The second-order valence-electron chi connectivity index (χ2n) is 6.77. The maximum atomic E-state index is 13.0. The average molecular weight is 388 g/mol. The number of rotatable bonds is 6. The van der Waals surface area contributed by atoms with Gasteiger partial charge in [-0.2, -0.15) is 0 Å². The van der Waals surface area contributed by atoms with Gasteiger partial charge in [0.15, 0.2) is 6.04 Å². The first kappa shape index (κ1) is 21.0. The van der Waals surface area contributed by atoms with E-state index in [9.17, 15) is 9.59 Å². The molecule has 0 N–H and O–H groups in total. The molecule has 2 aromatic carbocycles. The summed E-state index contributed by atoms with van der Waals surface area (Å²) in [5, 5.41) is 0.507. The Kier molecular flexibility index (Phi) is 7.03. The molecular weight excluding hydrogens is 362 g/mol. The lowest BCUT2D eigenvalue weighted by Crippen LogP contribution is -2.38. The summed E-state index contributed by atoms with van der Waals surface area (Å²) >= 11 is 6.09. The lowest BCUT2D eigenvalue weighted by atomic mass is 9.96. The molecule has 2 rings (SSSR count). The van der Waals surface area contributed by atoms with Crippen LogP contribution in [0.3, 0.4) is 0 Å². The highest BCUT2D eigenvalue weighted by Gasteiger charge is 2.30. The summed E-state index contributed by atoms with van der Waals surface area (Å²) in [6, 6.07) is 10.3. The summed E-state index contributed by atoms with van der Waals surface area (Å²) in [4.78, 5) is 27.0. The molecule has 0 radical (unpaired) electrons. The van der Waals surface area contributed by atoms with Gasteiger partial charge in [0, 0.05) is 12.1 Å². The zero-order valence-electron chi connectivity index (χ0n) is 16.5. The van der Waals surface area contributed by atoms with Crippen LogP contribution in [-0.4, -0.2) is 30.4 Å². The van der Waals surface area contributed by atoms with Crippen molar-refractivity contribution in [3.05, 3.63) is 69.2 Å². The van der Waals surface area contributed by atoms with Crippen molar-refractivity contribution in [3.8, 4) is 0 Å². The molecule has 0 aliphatic carbocycles. The first-order chi connectivity index (χ1) is 12.7. The van der Waals surface area contributed by atoms with E-state index >= 15 is 0 Å². The Morgan fingerprint density at radius 1 is 1.11 bits per heavy atom. The summed E-state index contributed by atoms with van der Waals surface area (Å²) in [7, 11) is 1.63. The second kappa shape index (κ2) is 9.05. The molecule has 1 unspecified atom stereocenters. The van der Waals surface area contributed by atoms with Gasteiger partial charge in [0.05, 0.1) is 13.0 Å². The van der Waals surface area contributed by atoms with Crippen molar-refractivity contribution in [2.45, 2.75) is 40.2 Å². The van der Waals surface area contributed by atoms with E-state index in [1.807, 2.05) is 20.8 Å². The Bertz CT molecular complexity index is 824. The van der Waals surface area contributed by atoms with E-state index < -0.39 is 12.0 Å². The van der Waals surface area contributed by atoms with Gasteiger partial charge in [0.25, 0.3) is 0 Å². The summed E-state index contributed by atoms with van der Waals surface area (Å²) < 4.78 is 5.21. The maximum absolute atomic E-state index is 13.0. The summed E-state index contributed by atoms with van der Waals surface area (Å²) in [5.74, 6) is -0.615. The number of carbonyl (C=O) groups excluding carboxylic acids is 2. The van der Waals surface area contributed by atoms with E-state index in [-0.39, 0.29) is 18.9 Å². The Morgan fingerprint density at radius 2 is 1.74 bits per heavy atom. The Labute approximate surface area is 166 Å². The molecular formula is C22H26ClNO3. The number of benzene rings is 2. The highest BCUT2D eigenvalue weighted by molar-refractivity contribution is 6.30. The van der Waals surface area contributed by atoms with Crippen molar-refractivity contribution in [2.24, 2.45) is 0 Å². The molecule has 0 saturated carbocycles. The number of carbonyl (C=O) groups is 2. The predicted molar refractivity (Wildman–Crippen MR) is 108 cm³/mol. The number of hydrogen-bond donors (Lipinski definition) is 0. The van der Waals surface area contributed by atoms with Gasteiger partial charge >= 0.3 is 5.97 Å². The molecule has 144 valence electrons. The van der Waals surface area contributed by atoms with Crippen LogP contribution in [0.15, 0.2) is 36.4 Å². The fraction of sp³-hybridized carbons (Fsp3) is 0.364. The number of aryl methyl sites for hydroxylation is 3. The van der Waals surface area contributed by atoms with Crippen molar-refractivity contribution in [2.75, 3.05) is 13.7 Å². The largest absolute Gasteiger partial charge is 0.464 e. The molecule has 27 heavy (non-hydrogen) atoms. The van der Waals surface area contributed by atoms with Crippen LogP contribution < -0.4 is 0 Å². The Morgan fingerprint density at radius 3 is 2.30 bits per heavy atom. The lowest BCUT2D eigenvalue weighted by Gasteiger charge is -2.27. The predicted octanol–water partition coefficient (Wildman–Crippen LogP) is 4.57. The van der Waals surface area contributed by atoms with Crippen molar-refractivity contribution < 1.29 is 14.3 Å². The normalized spacial score (nSPS) is 11.8. The van der Waals surface area contributed by atoms with Crippen LogP contribution in [0.5, 0.6) is 0 Å². The van der Waals surface area contributed by atoms with Gasteiger partial charge in [-0.25, -0.2) is 4.79 Å². The van der Waals surface area contributed by atoms with E-state index in [0.717, 1.165) is 22.3 Å². The molecule has 0 aliphatic rings. The minimum Gasteiger partial charge on any atom is -0.464 e. The number of amides is 1. The highest BCUT2D eigenvalue weighted by Crippen LogP contribution is 2.26. The fourth-order valence-corrected chi connectivity index (χ4v) is 3.52. The summed E-state index contributed by atoms with van der Waals surface area (Å²) in [6.45, 7) is 8.03. The standard InChI is InChI=1S/C22H26ClNO3/c1-6-27-22(26)21(17-8-7-9-18(23)12-17)24(5)20(25)13-19-15(3)10-14(2)11-16(19)4/h7-12,21H,6,13H2,1-5H3. The molecule has 0 bridgehead atoms. The van der Waals surface area contributed by atoms with E-state index in [1.54, 1.807) is 38.2 Å². The van der Waals surface area contributed by atoms with Crippen molar-refractivity contribution in [1.82, 2.24) is 4.90 Å². The highest BCUT2D eigenvalue weighted by atomic mass is 35.5. The van der Waals surface area contributed by atoms with E-state index in [4.69, 9.17) is 16.3 Å². The topological polar surface area (TPSA) is 46.6 Å². The van der Waals surface area contributed by atoms with Crippen molar-refractivity contribution >= 4 is 23.5 Å². The molecule has 0 spiro atoms. The van der Waals surface area contributed by atoms with Gasteiger partial charge in [0.1, 0.15) is 0 Å². The number of esters is 1. The van der Waals surface area contributed by atoms with E-state index in [1.165, 1.54) is 4.90 Å². The van der Waals surface area contributed by atoms with Gasteiger partial charge in [-0.1, -0.05) is 41.4 Å². The zero-order valence-corrected chi connectivity index (χ0v) is 17.3. The first-order valence-corrected chi connectivity index (χ1v) is 9.36.